The number of aromatic nitrogens is 1. The largest absolute Gasteiger partial charge is 0.493 e. The second-order valence-electron chi connectivity index (χ2n) is 11.5. The lowest BCUT2D eigenvalue weighted by Crippen LogP contribution is -2.40. The molecule has 13 nitrogen and oxygen atoms in total. The van der Waals surface area contributed by atoms with Crippen molar-refractivity contribution in [3.05, 3.63) is 112 Å². The monoisotopic (exact) mass is 822 g/mol. The van der Waals surface area contributed by atoms with Crippen LogP contribution >= 0.6 is 27.3 Å². The van der Waals surface area contributed by atoms with Gasteiger partial charge in [-0.15, -0.1) is 0 Å². The molecule has 0 fully saturated rings. The molecule has 0 unspecified atom stereocenters. The van der Waals surface area contributed by atoms with E-state index in [-0.39, 0.29) is 43.3 Å². The van der Waals surface area contributed by atoms with Crippen LogP contribution in [-0.2, 0) is 30.4 Å². The summed E-state index contributed by atoms with van der Waals surface area (Å²) < 4.78 is 40.8. The number of hydrogen-bond acceptors (Lipinski definition) is 13. The molecule has 1 aliphatic rings. The van der Waals surface area contributed by atoms with Gasteiger partial charge in [-0.1, -0.05) is 29.5 Å². The fourth-order valence-corrected chi connectivity index (χ4v) is 7.23. The Labute approximate surface area is 323 Å². The highest BCUT2D eigenvalue weighted by Crippen LogP contribution is 2.38. The van der Waals surface area contributed by atoms with Crippen molar-refractivity contribution in [2.24, 2.45) is 4.99 Å². The van der Waals surface area contributed by atoms with Crippen LogP contribution in [0, 0.1) is 0 Å². The maximum Gasteiger partial charge on any atom is 0.343 e. The first kappa shape index (κ1) is 39.8. The minimum Gasteiger partial charge on any atom is -0.493 e. The molecule has 0 radical (unpaired) electrons. The third-order valence-corrected chi connectivity index (χ3v) is 9.64. The van der Waals surface area contributed by atoms with Gasteiger partial charge >= 0.3 is 17.9 Å². The van der Waals surface area contributed by atoms with Crippen molar-refractivity contribution in [2.45, 2.75) is 40.3 Å². The van der Waals surface area contributed by atoms with Crippen LogP contribution in [-0.4, -0.2) is 63.1 Å². The average molecular weight is 824 g/mol. The molecule has 0 saturated heterocycles. The number of carbonyl (C=O) groups excluding carboxylic acids is 3. The Balaban J connectivity index is 1.52. The summed E-state index contributed by atoms with van der Waals surface area (Å²) >= 11 is 4.76. The first-order chi connectivity index (χ1) is 26.0. The molecule has 4 aromatic rings. The van der Waals surface area contributed by atoms with Gasteiger partial charge in [0.1, 0.15) is 6.61 Å². The van der Waals surface area contributed by atoms with E-state index in [0.29, 0.717) is 60.0 Å². The molecule has 0 aliphatic carbocycles. The van der Waals surface area contributed by atoms with Crippen LogP contribution in [0.1, 0.15) is 60.8 Å². The van der Waals surface area contributed by atoms with E-state index in [4.69, 9.17) is 33.2 Å². The van der Waals surface area contributed by atoms with Crippen molar-refractivity contribution >= 4 is 51.3 Å². The molecule has 0 N–H and O–H groups in total. The van der Waals surface area contributed by atoms with Gasteiger partial charge in [-0.2, -0.15) is 0 Å². The van der Waals surface area contributed by atoms with Gasteiger partial charge in [-0.05, 0) is 103 Å². The molecule has 1 atom stereocenters. The van der Waals surface area contributed by atoms with E-state index in [1.165, 1.54) is 30.1 Å². The summed E-state index contributed by atoms with van der Waals surface area (Å²) in [4.78, 5) is 56.5. The SMILES string of the molecule is CCOC(=O)C1=C(C)N=c2s/c(=C/c3cc(Br)c(OCc4ccc(C(=O)OCC)cc4)c(OC)c3)c(=O)n2[C@@H]1c1ccc(OCC(=O)OC)c(OCC)c1. The topological polar surface area (TPSA) is 150 Å². The van der Waals surface area contributed by atoms with Crippen LogP contribution in [0.5, 0.6) is 23.0 Å². The standard InChI is InChI=1S/C39H39BrN2O11S/c1-7-49-29-19-26(14-15-28(29)52-21-32(43)48-6)34-33(38(46)51-9-3)22(4)41-39-42(34)36(44)31(54-39)18-24-16-27(40)35(30(17-24)47-5)53-20-23-10-12-25(13-11-23)37(45)50-8-2/h10-19,34H,7-9,20-21H2,1-6H3/b31-18+/t34-/m1/s1. The number of nitrogens with zero attached hydrogens (tertiary/aromatic N) is 2. The highest BCUT2D eigenvalue weighted by Gasteiger charge is 2.34. The van der Waals surface area contributed by atoms with Crippen LogP contribution in [0.25, 0.3) is 6.08 Å². The molecule has 1 aliphatic heterocycles. The lowest BCUT2D eigenvalue weighted by Gasteiger charge is -2.25. The fourth-order valence-electron chi connectivity index (χ4n) is 5.61. The minimum absolute atomic E-state index is 0.120. The van der Waals surface area contributed by atoms with E-state index >= 15 is 0 Å². The van der Waals surface area contributed by atoms with Gasteiger partial charge in [0.15, 0.2) is 34.4 Å². The molecule has 0 saturated carbocycles. The van der Waals surface area contributed by atoms with Crippen molar-refractivity contribution in [1.82, 2.24) is 4.57 Å². The first-order valence-corrected chi connectivity index (χ1v) is 18.6. The van der Waals surface area contributed by atoms with Gasteiger partial charge < -0.3 is 33.2 Å². The van der Waals surface area contributed by atoms with Crippen LogP contribution in [0.2, 0.25) is 0 Å². The summed E-state index contributed by atoms with van der Waals surface area (Å²) in [5.41, 5.74) is 2.66. The zero-order valence-corrected chi connectivity index (χ0v) is 33.0. The lowest BCUT2D eigenvalue weighted by atomic mass is 9.95. The molecule has 0 amide bonds. The predicted molar refractivity (Wildman–Crippen MR) is 203 cm³/mol. The highest BCUT2D eigenvalue weighted by molar-refractivity contribution is 9.10. The van der Waals surface area contributed by atoms with Gasteiger partial charge in [0.25, 0.3) is 5.56 Å². The number of methoxy groups -OCH3 is 2. The number of fused-ring (bicyclic) bond motifs is 1. The summed E-state index contributed by atoms with van der Waals surface area (Å²) in [7, 11) is 2.78. The van der Waals surface area contributed by atoms with E-state index in [2.05, 4.69) is 20.9 Å². The molecule has 2 heterocycles. The first-order valence-electron chi connectivity index (χ1n) is 17.0. The normalized spacial score (nSPS) is 13.8. The molecular weight excluding hydrogens is 784 g/mol. The molecule has 54 heavy (non-hydrogen) atoms. The summed E-state index contributed by atoms with van der Waals surface area (Å²) in [5.74, 6) is -0.102. The van der Waals surface area contributed by atoms with E-state index in [0.717, 1.165) is 5.56 Å². The van der Waals surface area contributed by atoms with Gasteiger partial charge in [0.05, 0.1) is 65.9 Å². The van der Waals surface area contributed by atoms with Gasteiger partial charge in [0, 0.05) is 0 Å². The average Bonchev–Trinajstić information content (AvgIpc) is 3.46. The van der Waals surface area contributed by atoms with Crippen molar-refractivity contribution in [2.75, 3.05) is 40.6 Å². The number of esters is 3. The molecule has 15 heteroatoms. The number of thiazole rings is 1. The summed E-state index contributed by atoms with van der Waals surface area (Å²) in [6.07, 6.45) is 1.71. The molecule has 3 aromatic carbocycles. The Kier molecular flexibility index (Phi) is 13.3. The van der Waals surface area contributed by atoms with E-state index < -0.39 is 23.9 Å². The number of carbonyl (C=O) groups is 3. The number of hydrogen-bond donors (Lipinski definition) is 0. The van der Waals surface area contributed by atoms with Gasteiger partial charge in [-0.3, -0.25) is 9.36 Å². The van der Waals surface area contributed by atoms with Gasteiger partial charge in [-0.25, -0.2) is 19.4 Å². The number of benzene rings is 3. The van der Waals surface area contributed by atoms with Crippen molar-refractivity contribution < 1.29 is 47.5 Å². The number of allylic oxidation sites excluding steroid dienone is 1. The van der Waals surface area contributed by atoms with Crippen molar-refractivity contribution in [3.63, 3.8) is 0 Å². The van der Waals surface area contributed by atoms with E-state index in [1.54, 1.807) is 88.4 Å². The lowest BCUT2D eigenvalue weighted by molar-refractivity contribution is -0.143. The van der Waals surface area contributed by atoms with Crippen LogP contribution in [0.3, 0.4) is 0 Å². The van der Waals surface area contributed by atoms with Crippen LogP contribution in [0.15, 0.2) is 80.1 Å². The molecule has 5 rings (SSSR count). The second-order valence-corrected chi connectivity index (χ2v) is 13.4. The summed E-state index contributed by atoms with van der Waals surface area (Å²) in [6.45, 7) is 7.51. The summed E-state index contributed by atoms with van der Waals surface area (Å²) in [5, 5.41) is 0. The van der Waals surface area contributed by atoms with Crippen LogP contribution in [0.4, 0.5) is 0 Å². The quantitative estimate of drug-likeness (QED) is 0.114. The molecule has 284 valence electrons. The molecular formula is C39H39BrN2O11S. The number of rotatable bonds is 15. The zero-order valence-electron chi connectivity index (χ0n) is 30.6. The van der Waals surface area contributed by atoms with Crippen molar-refractivity contribution in [3.8, 4) is 23.0 Å². The number of ether oxygens (including phenoxy) is 7. The molecule has 1 aromatic heterocycles. The Bertz CT molecular complexity index is 2260. The van der Waals surface area contributed by atoms with Crippen molar-refractivity contribution in [1.29, 1.82) is 0 Å². The Morgan fingerprint density at radius 3 is 2.26 bits per heavy atom. The Morgan fingerprint density at radius 1 is 0.870 bits per heavy atom. The Hall–Kier alpha value is -5.41. The predicted octanol–water partition coefficient (Wildman–Crippen LogP) is 5.28. The minimum atomic E-state index is -0.917. The second kappa shape index (κ2) is 18.1. The maximum atomic E-state index is 14.3. The Morgan fingerprint density at radius 2 is 1.59 bits per heavy atom. The third kappa shape index (κ3) is 8.85. The zero-order chi connectivity index (χ0) is 38.9. The molecule has 0 bridgehead atoms. The summed E-state index contributed by atoms with van der Waals surface area (Å²) in [6, 6.07) is 14.5. The maximum absolute atomic E-state index is 14.3. The number of halogens is 1. The van der Waals surface area contributed by atoms with Crippen LogP contribution < -0.4 is 33.8 Å². The molecule has 0 spiro atoms. The van der Waals surface area contributed by atoms with E-state index in [1.807, 2.05) is 0 Å². The third-order valence-electron chi connectivity index (χ3n) is 8.07. The van der Waals surface area contributed by atoms with Gasteiger partial charge in [0.2, 0.25) is 0 Å². The van der Waals surface area contributed by atoms with E-state index in [9.17, 15) is 19.2 Å². The highest BCUT2D eigenvalue weighted by atomic mass is 79.9. The fraction of sp³-hybridized carbons (Fsp3) is 0.308. The smallest absolute Gasteiger partial charge is 0.343 e.